The maximum absolute atomic E-state index is 15.7. The third kappa shape index (κ3) is 8.03. The molecule has 0 spiro atoms. The number of amides is 1. The average Bonchev–Trinajstić information content (AvgIpc) is 2.93. The number of alkyl halides is 1. The number of nitrogens with one attached hydrogen (secondary N) is 1. The number of hydrogen-bond acceptors (Lipinski definition) is 4. The van der Waals surface area contributed by atoms with Crippen molar-refractivity contribution in [2.75, 3.05) is 26.3 Å². The van der Waals surface area contributed by atoms with Crippen molar-refractivity contribution in [3.05, 3.63) is 92.4 Å². The first-order chi connectivity index (χ1) is 21.3. The molecule has 7 nitrogen and oxygen atoms in total. The van der Waals surface area contributed by atoms with Crippen LogP contribution in [0.2, 0.25) is 0 Å². The van der Waals surface area contributed by atoms with E-state index in [2.05, 4.69) is 5.32 Å². The minimum atomic E-state index is -1.26. The molecule has 1 amide bonds. The van der Waals surface area contributed by atoms with Gasteiger partial charge in [0, 0.05) is 37.3 Å². The predicted molar refractivity (Wildman–Crippen MR) is 168 cm³/mol. The monoisotopic (exact) mass is 625 g/mol. The quantitative estimate of drug-likeness (QED) is 0.240. The zero-order valence-corrected chi connectivity index (χ0v) is 26.5. The highest BCUT2D eigenvalue weighted by Crippen LogP contribution is 2.33. The second kappa shape index (κ2) is 14.5. The highest BCUT2D eigenvalue weighted by Gasteiger charge is 2.30. The number of benzene rings is 2. The molecule has 10 heteroatoms. The molecule has 242 valence electrons. The molecular weight excluding hydrogens is 583 g/mol. The highest BCUT2D eigenvalue weighted by molar-refractivity contribution is 5.82. The number of pyridine rings is 1. The number of carbonyl (C=O) groups is 2. The molecule has 0 radical (unpaired) electrons. The van der Waals surface area contributed by atoms with Crippen LogP contribution >= 0.6 is 0 Å². The topological polar surface area (TPSA) is 91.6 Å². The molecule has 1 aromatic heterocycles. The summed E-state index contributed by atoms with van der Waals surface area (Å²) >= 11 is 0. The Morgan fingerprint density at radius 1 is 1.04 bits per heavy atom. The van der Waals surface area contributed by atoms with Gasteiger partial charge in [-0.1, -0.05) is 32.0 Å². The van der Waals surface area contributed by atoms with E-state index in [0.717, 1.165) is 27.3 Å². The van der Waals surface area contributed by atoms with Crippen molar-refractivity contribution in [2.24, 2.45) is 11.8 Å². The molecule has 0 aliphatic carbocycles. The van der Waals surface area contributed by atoms with Crippen LogP contribution in [-0.2, 0) is 16.0 Å². The second-order valence-electron chi connectivity index (χ2n) is 12.7. The van der Waals surface area contributed by atoms with E-state index < -0.39 is 47.6 Å². The lowest BCUT2D eigenvalue weighted by Gasteiger charge is -2.37. The molecule has 1 aliphatic rings. The first kappa shape index (κ1) is 34.0. The number of likely N-dealkylation sites (tertiary alicyclic amines) is 1. The van der Waals surface area contributed by atoms with Gasteiger partial charge in [0.2, 0.25) is 5.91 Å². The number of rotatable bonds is 13. The minimum absolute atomic E-state index is 0.00335. The fourth-order valence-electron chi connectivity index (χ4n) is 6.17. The van der Waals surface area contributed by atoms with Gasteiger partial charge in [0.1, 0.15) is 11.9 Å². The number of carboxylic acids is 1. The van der Waals surface area contributed by atoms with Gasteiger partial charge in [0.25, 0.3) is 5.56 Å². The molecular formula is C35H42F3N3O4. The van der Waals surface area contributed by atoms with Crippen LogP contribution in [0.1, 0.15) is 66.6 Å². The molecule has 2 aromatic carbocycles. The van der Waals surface area contributed by atoms with Gasteiger partial charge in [-0.2, -0.15) is 0 Å². The summed E-state index contributed by atoms with van der Waals surface area (Å²) in [6.45, 7) is 10.5. The number of aryl methyl sites for hydroxylation is 3. The summed E-state index contributed by atoms with van der Waals surface area (Å²) in [5, 5.41) is 12.5. The Bertz CT molecular complexity index is 1590. The van der Waals surface area contributed by atoms with E-state index in [-0.39, 0.29) is 30.5 Å². The first-order valence-electron chi connectivity index (χ1n) is 15.4. The summed E-state index contributed by atoms with van der Waals surface area (Å²) in [5.74, 6) is -3.70. The van der Waals surface area contributed by atoms with Crippen LogP contribution in [0.15, 0.2) is 47.4 Å². The number of aliphatic carboxylic acids is 1. The van der Waals surface area contributed by atoms with Gasteiger partial charge < -0.3 is 19.9 Å². The van der Waals surface area contributed by atoms with E-state index in [4.69, 9.17) is 0 Å². The van der Waals surface area contributed by atoms with Crippen molar-refractivity contribution in [2.45, 2.75) is 66.0 Å². The largest absolute Gasteiger partial charge is 0.481 e. The van der Waals surface area contributed by atoms with Crippen molar-refractivity contribution >= 4 is 11.9 Å². The van der Waals surface area contributed by atoms with E-state index in [1.165, 1.54) is 6.20 Å². The van der Waals surface area contributed by atoms with Crippen LogP contribution in [0, 0.1) is 44.2 Å². The smallest absolute Gasteiger partial charge is 0.305 e. The van der Waals surface area contributed by atoms with Crippen LogP contribution in [0.5, 0.6) is 0 Å². The molecule has 0 bridgehead atoms. The summed E-state index contributed by atoms with van der Waals surface area (Å²) < 4.78 is 44.6. The average molecular weight is 626 g/mol. The highest BCUT2D eigenvalue weighted by atomic mass is 19.1. The van der Waals surface area contributed by atoms with Gasteiger partial charge in [-0.15, -0.1) is 0 Å². The third-order valence-electron chi connectivity index (χ3n) is 8.48. The standard InChI is InChI=1S/C35H42F3N3O4/c1-20(2)11-30(41-19-24(13-28(37)35(41)45)9-10-40-17-25(16-36)18-40)34(44)39-29(15-31(42)43)27-14-26(12-23(5)33(27)38)32-21(3)7-6-8-22(32)4/h6-8,12-14,19-20,25,29-30H,9-11,15-18H2,1-5H3,(H,39,44)(H,42,43)/t29-,30+/m1/s1. The van der Waals surface area contributed by atoms with Crippen molar-refractivity contribution in [3.8, 4) is 11.1 Å². The van der Waals surface area contributed by atoms with Crippen LogP contribution in [0.3, 0.4) is 0 Å². The summed E-state index contributed by atoms with van der Waals surface area (Å²) in [5.41, 5.74) is 3.32. The molecule has 2 N–H and O–H groups in total. The first-order valence-corrected chi connectivity index (χ1v) is 15.4. The minimum Gasteiger partial charge on any atom is -0.481 e. The van der Waals surface area contributed by atoms with Gasteiger partial charge in [-0.25, -0.2) is 8.78 Å². The maximum Gasteiger partial charge on any atom is 0.305 e. The van der Waals surface area contributed by atoms with Crippen molar-refractivity contribution < 1.29 is 27.9 Å². The van der Waals surface area contributed by atoms with Crippen LogP contribution in [-0.4, -0.2) is 52.8 Å². The number of carbonyl (C=O) groups excluding carboxylic acids is 1. The normalized spacial score (nSPS) is 15.1. The number of halogens is 3. The molecule has 0 saturated carbocycles. The Morgan fingerprint density at radius 2 is 1.71 bits per heavy atom. The number of carboxylic acid groups (broad SMARTS) is 1. The van der Waals surface area contributed by atoms with Crippen molar-refractivity contribution in [3.63, 3.8) is 0 Å². The Hall–Kier alpha value is -3.92. The predicted octanol–water partition coefficient (Wildman–Crippen LogP) is 6.08. The van der Waals surface area contributed by atoms with Crippen LogP contribution in [0.25, 0.3) is 11.1 Å². The molecule has 1 aliphatic heterocycles. The molecule has 2 atom stereocenters. The van der Waals surface area contributed by atoms with E-state index in [0.29, 0.717) is 42.7 Å². The number of hydrogen-bond donors (Lipinski definition) is 2. The SMILES string of the molecule is Cc1cc(-c2c(C)cccc2C)cc([C@@H](CC(=O)O)NC(=O)[C@H](CC(C)C)n2cc(CCN3CC(CF)C3)cc(F)c2=O)c1F. The van der Waals surface area contributed by atoms with E-state index in [1.807, 2.05) is 50.8 Å². The Kier molecular flexibility index (Phi) is 10.9. The molecule has 1 fully saturated rings. The van der Waals surface area contributed by atoms with E-state index >= 15 is 4.39 Å². The molecule has 0 unspecified atom stereocenters. The van der Waals surface area contributed by atoms with E-state index in [1.54, 1.807) is 19.1 Å². The lowest BCUT2D eigenvalue weighted by Crippen LogP contribution is -2.48. The van der Waals surface area contributed by atoms with Gasteiger partial charge in [-0.05, 0) is 91.1 Å². The van der Waals surface area contributed by atoms with E-state index in [9.17, 15) is 28.3 Å². The van der Waals surface area contributed by atoms with Crippen LogP contribution in [0.4, 0.5) is 13.2 Å². The fraction of sp³-hybridized carbons (Fsp3) is 0.457. The summed E-state index contributed by atoms with van der Waals surface area (Å²) in [6.07, 6.45) is 1.40. The molecule has 4 rings (SSSR count). The summed E-state index contributed by atoms with van der Waals surface area (Å²) in [7, 11) is 0. The molecule has 3 aromatic rings. The third-order valence-corrected chi connectivity index (χ3v) is 8.48. The zero-order valence-electron chi connectivity index (χ0n) is 26.5. The van der Waals surface area contributed by atoms with Crippen molar-refractivity contribution in [1.29, 1.82) is 0 Å². The van der Waals surface area contributed by atoms with Crippen LogP contribution < -0.4 is 10.9 Å². The lowest BCUT2D eigenvalue weighted by atomic mass is 9.90. The molecule has 1 saturated heterocycles. The Morgan fingerprint density at radius 3 is 2.31 bits per heavy atom. The van der Waals surface area contributed by atoms with Gasteiger partial charge in [0.05, 0.1) is 19.1 Å². The van der Waals surface area contributed by atoms with Gasteiger partial charge in [0.15, 0.2) is 5.82 Å². The fourth-order valence-corrected chi connectivity index (χ4v) is 6.17. The number of aromatic nitrogens is 1. The molecule has 45 heavy (non-hydrogen) atoms. The Labute approximate surface area is 262 Å². The zero-order chi connectivity index (χ0) is 33.0. The second-order valence-corrected chi connectivity index (χ2v) is 12.7. The van der Waals surface area contributed by atoms with Gasteiger partial charge >= 0.3 is 5.97 Å². The van der Waals surface area contributed by atoms with Gasteiger partial charge in [-0.3, -0.25) is 18.8 Å². The molecule has 2 heterocycles. The Balaban J connectivity index is 1.69. The number of nitrogens with zero attached hydrogens (tertiary/aromatic N) is 2. The summed E-state index contributed by atoms with van der Waals surface area (Å²) in [6, 6.07) is 7.77. The maximum atomic E-state index is 15.7. The lowest BCUT2D eigenvalue weighted by molar-refractivity contribution is -0.138. The summed E-state index contributed by atoms with van der Waals surface area (Å²) in [4.78, 5) is 41.0. The van der Waals surface area contributed by atoms with Crippen molar-refractivity contribution in [1.82, 2.24) is 14.8 Å².